The van der Waals surface area contributed by atoms with Crippen molar-refractivity contribution in [2.24, 2.45) is 0 Å². The van der Waals surface area contributed by atoms with Crippen molar-refractivity contribution in [2.45, 2.75) is 19.3 Å². The molecule has 0 atom stereocenters. The molecule has 1 aromatic carbocycles. The summed E-state index contributed by atoms with van der Waals surface area (Å²) in [6.07, 6.45) is 3.24. The van der Waals surface area contributed by atoms with Crippen LogP contribution in [0.15, 0.2) is 30.3 Å². The number of nitrogens with zero attached hydrogens (tertiary/aromatic N) is 2. The van der Waals surface area contributed by atoms with Gasteiger partial charge in [0.2, 0.25) is 5.13 Å². The standard InChI is InChI=1S/C12H15N3S/c1-13-12-15-14-11(16-12)9-5-8-10-6-3-2-4-7-10/h2-4,6-7H,5,8-9H2,1H3,(H,13,15). The molecule has 0 aliphatic rings. The Hall–Kier alpha value is -1.42. The summed E-state index contributed by atoms with van der Waals surface area (Å²) in [7, 11) is 1.87. The SMILES string of the molecule is CNc1nnc(CCCc2ccccc2)s1. The molecule has 4 heteroatoms. The Balaban J connectivity index is 1.80. The van der Waals surface area contributed by atoms with Crippen LogP contribution in [0.25, 0.3) is 0 Å². The lowest BCUT2D eigenvalue weighted by Gasteiger charge is -1.98. The highest BCUT2D eigenvalue weighted by Gasteiger charge is 2.02. The molecular weight excluding hydrogens is 218 g/mol. The van der Waals surface area contributed by atoms with Gasteiger partial charge >= 0.3 is 0 Å². The van der Waals surface area contributed by atoms with Gasteiger partial charge < -0.3 is 5.32 Å². The van der Waals surface area contributed by atoms with Crippen LogP contribution in [0, 0.1) is 0 Å². The fourth-order valence-electron chi connectivity index (χ4n) is 1.54. The minimum Gasteiger partial charge on any atom is -0.363 e. The first-order valence-corrected chi connectivity index (χ1v) is 6.24. The van der Waals surface area contributed by atoms with Gasteiger partial charge in [-0.25, -0.2) is 0 Å². The molecular formula is C12H15N3S. The van der Waals surface area contributed by atoms with Crippen molar-refractivity contribution in [2.75, 3.05) is 12.4 Å². The summed E-state index contributed by atoms with van der Waals surface area (Å²) >= 11 is 1.63. The second-order valence-corrected chi connectivity index (χ2v) is 4.65. The van der Waals surface area contributed by atoms with Gasteiger partial charge in [-0.3, -0.25) is 0 Å². The van der Waals surface area contributed by atoms with Gasteiger partial charge in [0.25, 0.3) is 0 Å². The van der Waals surface area contributed by atoms with Gasteiger partial charge in [0, 0.05) is 13.5 Å². The molecule has 0 saturated carbocycles. The summed E-state index contributed by atoms with van der Waals surface area (Å²) in [6.45, 7) is 0. The normalized spacial score (nSPS) is 10.3. The molecule has 84 valence electrons. The van der Waals surface area contributed by atoms with Crippen LogP contribution >= 0.6 is 11.3 Å². The van der Waals surface area contributed by atoms with Gasteiger partial charge in [-0.05, 0) is 18.4 Å². The molecule has 1 aromatic heterocycles. The number of benzene rings is 1. The van der Waals surface area contributed by atoms with E-state index in [-0.39, 0.29) is 0 Å². The fraction of sp³-hybridized carbons (Fsp3) is 0.333. The monoisotopic (exact) mass is 233 g/mol. The summed E-state index contributed by atoms with van der Waals surface area (Å²) in [5.74, 6) is 0. The molecule has 1 heterocycles. The van der Waals surface area contributed by atoms with E-state index in [1.165, 1.54) is 5.56 Å². The zero-order valence-electron chi connectivity index (χ0n) is 9.31. The lowest BCUT2D eigenvalue weighted by molar-refractivity contribution is 0.802. The molecule has 16 heavy (non-hydrogen) atoms. The van der Waals surface area contributed by atoms with Crippen LogP contribution in [0.1, 0.15) is 17.0 Å². The molecule has 0 aliphatic heterocycles. The van der Waals surface area contributed by atoms with Crippen LogP contribution in [0.4, 0.5) is 5.13 Å². The molecule has 1 N–H and O–H groups in total. The first-order valence-electron chi connectivity index (χ1n) is 5.42. The third kappa shape index (κ3) is 3.03. The van der Waals surface area contributed by atoms with Crippen LogP contribution < -0.4 is 5.32 Å². The maximum absolute atomic E-state index is 4.12. The van der Waals surface area contributed by atoms with Crippen molar-refractivity contribution >= 4 is 16.5 Å². The summed E-state index contributed by atoms with van der Waals surface area (Å²) in [4.78, 5) is 0. The van der Waals surface area contributed by atoms with E-state index >= 15 is 0 Å². The molecule has 2 aromatic rings. The average Bonchev–Trinajstić information content (AvgIpc) is 2.78. The van der Waals surface area contributed by atoms with Gasteiger partial charge in [-0.1, -0.05) is 41.7 Å². The molecule has 0 amide bonds. The first-order chi connectivity index (χ1) is 7.88. The van der Waals surface area contributed by atoms with Gasteiger partial charge in [0.1, 0.15) is 5.01 Å². The maximum atomic E-state index is 4.12. The van der Waals surface area contributed by atoms with E-state index in [2.05, 4.69) is 39.8 Å². The second-order valence-electron chi connectivity index (χ2n) is 3.59. The molecule has 0 radical (unpaired) electrons. The van der Waals surface area contributed by atoms with Crippen LogP contribution in [0.3, 0.4) is 0 Å². The minimum absolute atomic E-state index is 0.898. The van der Waals surface area contributed by atoms with E-state index in [1.807, 2.05) is 13.1 Å². The minimum atomic E-state index is 0.898. The second kappa shape index (κ2) is 5.61. The van der Waals surface area contributed by atoms with E-state index in [0.717, 1.165) is 29.4 Å². The third-order valence-electron chi connectivity index (χ3n) is 2.38. The highest BCUT2D eigenvalue weighted by atomic mass is 32.1. The number of aryl methyl sites for hydroxylation is 2. The number of hydrogen-bond donors (Lipinski definition) is 1. The van der Waals surface area contributed by atoms with Gasteiger partial charge in [-0.15, -0.1) is 10.2 Å². The van der Waals surface area contributed by atoms with Gasteiger partial charge in [0.05, 0.1) is 0 Å². The average molecular weight is 233 g/mol. The molecule has 0 bridgehead atoms. The van der Waals surface area contributed by atoms with Crippen molar-refractivity contribution < 1.29 is 0 Å². The van der Waals surface area contributed by atoms with Crippen LogP contribution in [-0.4, -0.2) is 17.2 Å². The Kier molecular flexibility index (Phi) is 3.88. The predicted molar refractivity (Wildman–Crippen MR) is 67.9 cm³/mol. The van der Waals surface area contributed by atoms with Crippen LogP contribution in [0.2, 0.25) is 0 Å². The molecule has 0 aliphatic carbocycles. The fourth-order valence-corrected chi connectivity index (χ4v) is 2.28. The van der Waals surface area contributed by atoms with E-state index in [1.54, 1.807) is 11.3 Å². The number of rotatable bonds is 5. The predicted octanol–water partition coefficient (Wildman–Crippen LogP) is 2.76. The Morgan fingerprint density at radius 1 is 1.12 bits per heavy atom. The summed E-state index contributed by atoms with van der Waals surface area (Å²) in [5, 5.41) is 13.2. The molecule has 3 nitrogen and oxygen atoms in total. The Morgan fingerprint density at radius 2 is 1.94 bits per heavy atom. The van der Waals surface area contributed by atoms with Crippen LogP contribution in [0.5, 0.6) is 0 Å². The highest BCUT2D eigenvalue weighted by Crippen LogP contribution is 2.16. The number of aromatic nitrogens is 2. The third-order valence-corrected chi connectivity index (χ3v) is 3.38. The lowest BCUT2D eigenvalue weighted by atomic mass is 10.1. The molecule has 0 saturated heterocycles. The summed E-state index contributed by atoms with van der Waals surface area (Å²) in [6, 6.07) is 10.5. The topological polar surface area (TPSA) is 37.8 Å². The Labute approximate surface area is 99.5 Å². The van der Waals surface area contributed by atoms with Crippen molar-refractivity contribution in [1.82, 2.24) is 10.2 Å². The quantitative estimate of drug-likeness (QED) is 0.863. The first kappa shape index (κ1) is 11.1. The lowest BCUT2D eigenvalue weighted by Crippen LogP contribution is -1.89. The number of nitrogens with one attached hydrogen (secondary N) is 1. The smallest absolute Gasteiger partial charge is 0.205 e. The van der Waals surface area contributed by atoms with E-state index in [4.69, 9.17) is 0 Å². The Morgan fingerprint density at radius 3 is 2.62 bits per heavy atom. The Bertz CT molecular complexity index is 425. The molecule has 0 fully saturated rings. The van der Waals surface area contributed by atoms with E-state index < -0.39 is 0 Å². The maximum Gasteiger partial charge on any atom is 0.205 e. The molecule has 0 spiro atoms. The number of anilines is 1. The number of hydrogen-bond acceptors (Lipinski definition) is 4. The van der Waals surface area contributed by atoms with Crippen molar-refractivity contribution in [1.29, 1.82) is 0 Å². The summed E-state index contributed by atoms with van der Waals surface area (Å²) in [5.41, 5.74) is 1.39. The van der Waals surface area contributed by atoms with E-state index in [0.29, 0.717) is 0 Å². The van der Waals surface area contributed by atoms with Crippen molar-refractivity contribution in [3.63, 3.8) is 0 Å². The molecule has 2 rings (SSSR count). The molecule has 0 unspecified atom stereocenters. The zero-order valence-corrected chi connectivity index (χ0v) is 10.1. The van der Waals surface area contributed by atoms with Crippen LogP contribution in [-0.2, 0) is 12.8 Å². The van der Waals surface area contributed by atoms with Gasteiger partial charge in [-0.2, -0.15) is 0 Å². The highest BCUT2D eigenvalue weighted by molar-refractivity contribution is 7.15. The van der Waals surface area contributed by atoms with Crippen molar-refractivity contribution in [3.8, 4) is 0 Å². The van der Waals surface area contributed by atoms with Gasteiger partial charge in [0.15, 0.2) is 0 Å². The van der Waals surface area contributed by atoms with Crippen molar-refractivity contribution in [3.05, 3.63) is 40.9 Å². The largest absolute Gasteiger partial charge is 0.363 e. The zero-order chi connectivity index (χ0) is 11.2. The summed E-state index contributed by atoms with van der Waals surface area (Å²) < 4.78 is 0. The van der Waals surface area contributed by atoms with E-state index in [9.17, 15) is 0 Å².